The standard InChI is InChI=1S/C27H25NO3/c1-17-15-21-23(16-22(17)30-2)31-26(19-7-4-3-5-8-19)24(25(21)29)18-9-11-20(12-10-18)27(28)13-6-14-27/h3-5,7-12,15-16H,6,13-14,28H2,1-2H3. The minimum atomic E-state index is -0.234. The molecule has 0 atom stereocenters. The maximum absolute atomic E-state index is 13.7. The van der Waals surface area contributed by atoms with Gasteiger partial charge in [-0.3, -0.25) is 4.79 Å². The van der Waals surface area contributed by atoms with Crippen LogP contribution < -0.4 is 15.9 Å². The van der Waals surface area contributed by atoms with Crippen molar-refractivity contribution >= 4 is 11.0 Å². The minimum absolute atomic E-state index is 0.0512. The van der Waals surface area contributed by atoms with Crippen molar-refractivity contribution in [1.82, 2.24) is 0 Å². The van der Waals surface area contributed by atoms with E-state index in [4.69, 9.17) is 14.9 Å². The monoisotopic (exact) mass is 411 g/mol. The predicted molar refractivity (Wildman–Crippen MR) is 124 cm³/mol. The molecule has 0 spiro atoms. The van der Waals surface area contributed by atoms with E-state index in [9.17, 15) is 4.79 Å². The molecule has 1 heterocycles. The number of hydrogen-bond acceptors (Lipinski definition) is 4. The Morgan fingerprint density at radius 1 is 0.968 bits per heavy atom. The molecule has 1 saturated carbocycles. The van der Waals surface area contributed by atoms with Gasteiger partial charge >= 0.3 is 0 Å². The molecule has 0 aliphatic heterocycles. The van der Waals surface area contributed by atoms with Crippen LogP contribution in [0.2, 0.25) is 0 Å². The third-order valence-corrected chi connectivity index (χ3v) is 6.44. The summed E-state index contributed by atoms with van der Waals surface area (Å²) < 4.78 is 11.8. The average Bonchev–Trinajstić information content (AvgIpc) is 2.78. The molecule has 156 valence electrons. The molecule has 2 N–H and O–H groups in total. The Labute approximate surface area is 181 Å². The van der Waals surface area contributed by atoms with Gasteiger partial charge in [-0.2, -0.15) is 0 Å². The molecule has 0 saturated heterocycles. The van der Waals surface area contributed by atoms with E-state index in [1.807, 2.05) is 67.6 Å². The van der Waals surface area contributed by atoms with E-state index in [0.29, 0.717) is 28.0 Å². The van der Waals surface area contributed by atoms with E-state index in [-0.39, 0.29) is 11.0 Å². The second kappa shape index (κ2) is 7.40. The van der Waals surface area contributed by atoms with Crippen LogP contribution in [0, 0.1) is 6.92 Å². The van der Waals surface area contributed by atoms with E-state index < -0.39 is 0 Å². The number of nitrogens with two attached hydrogens (primary N) is 1. The summed E-state index contributed by atoms with van der Waals surface area (Å²) in [5.41, 5.74) is 11.0. The number of fused-ring (bicyclic) bond motifs is 1. The summed E-state index contributed by atoms with van der Waals surface area (Å²) in [6.07, 6.45) is 3.16. The molecule has 31 heavy (non-hydrogen) atoms. The Bertz CT molecular complexity index is 1320. The predicted octanol–water partition coefficient (Wildman–Crippen LogP) is 5.78. The van der Waals surface area contributed by atoms with Crippen molar-refractivity contribution in [1.29, 1.82) is 0 Å². The molecule has 1 fully saturated rings. The van der Waals surface area contributed by atoms with Crippen LogP contribution >= 0.6 is 0 Å². The lowest BCUT2D eigenvalue weighted by Crippen LogP contribution is -2.43. The summed E-state index contributed by atoms with van der Waals surface area (Å²) in [6.45, 7) is 1.93. The van der Waals surface area contributed by atoms with Crippen LogP contribution in [-0.4, -0.2) is 7.11 Å². The van der Waals surface area contributed by atoms with Gasteiger partial charge in [0.1, 0.15) is 17.1 Å². The quantitative estimate of drug-likeness (QED) is 0.462. The molecule has 1 aliphatic rings. The van der Waals surface area contributed by atoms with Crippen molar-refractivity contribution < 1.29 is 9.15 Å². The van der Waals surface area contributed by atoms with Gasteiger partial charge in [-0.1, -0.05) is 54.6 Å². The van der Waals surface area contributed by atoms with Gasteiger partial charge in [0.25, 0.3) is 0 Å². The highest BCUT2D eigenvalue weighted by atomic mass is 16.5. The van der Waals surface area contributed by atoms with Crippen LogP contribution in [0.5, 0.6) is 5.75 Å². The topological polar surface area (TPSA) is 65.5 Å². The molecule has 4 aromatic rings. The number of hydrogen-bond donors (Lipinski definition) is 1. The Morgan fingerprint density at radius 2 is 1.68 bits per heavy atom. The van der Waals surface area contributed by atoms with Crippen molar-refractivity contribution in [3.8, 4) is 28.2 Å². The van der Waals surface area contributed by atoms with Crippen molar-refractivity contribution in [2.24, 2.45) is 5.73 Å². The van der Waals surface area contributed by atoms with Gasteiger partial charge in [0.05, 0.1) is 18.1 Å². The molecule has 4 heteroatoms. The van der Waals surface area contributed by atoms with Crippen LogP contribution in [0.1, 0.15) is 30.4 Å². The fourth-order valence-corrected chi connectivity index (χ4v) is 4.42. The molecule has 4 nitrogen and oxygen atoms in total. The Hall–Kier alpha value is -3.37. The average molecular weight is 412 g/mol. The number of rotatable bonds is 4. The van der Waals surface area contributed by atoms with Crippen LogP contribution in [0.3, 0.4) is 0 Å². The highest BCUT2D eigenvalue weighted by Crippen LogP contribution is 2.40. The molecular formula is C27H25NO3. The van der Waals surface area contributed by atoms with E-state index >= 15 is 0 Å². The number of ether oxygens (including phenoxy) is 1. The third-order valence-electron chi connectivity index (χ3n) is 6.44. The van der Waals surface area contributed by atoms with Crippen LogP contribution in [0.4, 0.5) is 0 Å². The summed E-state index contributed by atoms with van der Waals surface area (Å²) in [6, 6.07) is 21.4. The van der Waals surface area contributed by atoms with Gasteiger partial charge in [0, 0.05) is 17.2 Å². The highest BCUT2D eigenvalue weighted by Gasteiger charge is 2.34. The van der Waals surface area contributed by atoms with E-state index in [1.54, 1.807) is 13.2 Å². The van der Waals surface area contributed by atoms with Gasteiger partial charge < -0.3 is 14.9 Å². The summed E-state index contributed by atoms with van der Waals surface area (Å²) in [5.74, 6) is 1.25. The van der Waals surface area contributed by atoms with Crippen molar-refractivity contribution in [2.75, 3.05) is 7.11 Å². The SMILES string of the molecule is COc1cc2oc(-c3ccccc3)c(-c3ccc(C4(N)CCC4)cc3)c(=O)c2cc1C. The second-order valence-corrected chi connectivity index (χ2v) is 8.41. The van der Waals surface area contributed by atoms with E-state index in [0.717, 1.165) is 41.5 Å². The molecule has 0 radical (unpaired) electrons. The lowest BCUT2D eigenvalue weighted by atomic mass is 9.72. The fraction of sp³-hybridized carbons (Fsp3) is 0.222. The lowest BCUT2D eigenvalue weighted by Gasteiger charge is -2.38. The minimum Gasteiger partial charge on any atom is -0.496 e. The van der Waals surface area contributed by atoms with Gasteiger partial charge in [0.15, 0.2) is 0 Å². The van der Waals surface area contributed by atoms with Gasteiger partial charge in [-0.05, 0) is 48.9 Å². The van der Waals surface area contributed by atoms with Crippen LogP contribution in [-0.2, 0) is 5.54 Å². The number of aryl methyl sites for hydroxylation is 1. The summed E-state index contributed by atoms with van der Waals surface area (Å²) in [5, 5.41) is 0.548. The van der Waals surface area contributed by atoms with Crippen molar-refractivity contribution in [3.63, 3.8) is 0 Å². The zero-order valence-electron chi connectivity index (χ0n) is 17.8. The van der Waals surface area contributed by atoms with Crippen molar-refractivity contribution in [3.05, 3.63) is 88.1 Å². The van der Waals surface area contributed by atoms with E-state index in [1.165, 1.54) is 0 Å². The maximum Gasteiger partial charge on any atom is 0.201 e. The molecule has 5 rings (SSSR count). The summed E-state index contributed by atoms with van der Waals surface area (Å²) in [4.78, 5) is 13.7. The van der Waals surface area contributed by atoms with Crippen LogP contribution in [0.15, 0.2) is 75.9 Å². The number of methoxy groups -OCH3 is 1. The Kier molecular flexibility index (Phi) is 4.67. The normalized spacial score (nSPS) is 14.9. The molecule has 0 amide bonds. The zero-order chi connectivity index (χ0) is 21.6. The molecule has 3 aromatic carbocycles. The zero-order valence-corrected chi connectivity index (χ0v) is 17.8. The third kappa shape index (κ3) is 3.24. The highest BCUT2D eigenvalue weighted by molar-refractivity contribution is 5.90. The first kappa shape index (κ1) is 19.6. The molecular weight excluding hydrogens is 386 g/mol. The Balaban J connectivity index is 1.76. The van der Waals surface area contributed by atoms with Crippen LogP contribution in [0.25, 0.3) is 33.4 Å². The maximum atomic E-state index is 13.7. The smallest absolute Gasteiger partial charge is 0.201 e. The molecule has 0 bridgehead atoms. The number of benzene rings is 3. The lowest BCUT2D eigenvalue weighted by molar-refractivity contribution is 0.253. The fourth-order valence-electron chi connectivity index (χ4n) is 4.42. The second-order valence-electron chi connectivity index (χ2n) is 8.41. The van der Waals surface area contributed by atoms with Gasteiger partial charge in [0.2, 0.25) is 5.43 Å². The largest absolute Gasteiger partial charge is 0.496 e. The molecule has 0 unspecified atom stereocenters. The van der Waals surface area contributed by atoms with Gasteiger partial charge in [-0.15, -0.1) is 0 Å². The molecule has 1 aromatic heterocycles. The summed E-state index contributed by atoms with van der Waals surface area (Å²) >= 11 is 0. The van der Waals surface area contributed by atoms with Gasteiger partial charge in [-0.25, -0.2) is 0 Å². The Morgan fingerprint density at radius 3 is 2.29 bits per heavy atom. The first-order chi connectivity index (χ1) is 15.0. The first-order valence-electron chi connectivity index (χ1n) is 10.6. The van der Waals surface area contributed by atoms with Crippen molar-refractivity contribution in [2.45, 2.75) is 31.7 Å². The summed E-state index contributed by atoms with van der Waals surface area (Å²) in [7, 11) is 1.62. The first-order valence-corrected chi connectivity index (χ1v) is 10.6. The molecule has 1 aliphatic carbocycles. The van der Waals surface area contributed by atoms with E-state index in [2.05, 4.69) is 0 Å².